The van der Waals surface area contributed by atoms with Gasteiger partial charge in [-0.3, -0.25) is 0 Å². The molecular formula is C17H18N2. The Bertz CT molecular complexity index is 767. The summed E-state index contributed by atoms with van der Waals surface area (Å²) in [6.07, 6.45) is 0. The van der Waals surface area contributed by atoms with Crippen LogP contribution in [0, 0.1) is 6.92 Å². The van der Waals surface area contributed by atoms with Gasteiger partial charge in [-0.2, -0.15) is 0 Å². The maximum Gasteiger partial charge on any atom is 0.134 e. The molecule has 0 spiro atoms. The molecule has 0 atom stereocenters. The summed E-state index contributed by atoms with van der Waals surface area (Å²) in [5, 5.41) is 3.65. The topological polar surface area (TPSA) is 25.8 Å². The highest BCUT2D eigenvalue weighted by molar-refractivity contribution is 6.07. The van der Waals surface area contributed by atoms with Gasteiger partial charge in [0.25, 0.3) is 0 Å². The molecule has 3 aromatic rings. The SMILES string of the molecule is Cc1nc(C(C)(C)C)nc2ccc3ccccc3c12. The van der Waals surface area contributed by atoms with Gasteiger partial charge in [0.15, 0.2) is 0 Å². The summed E-state index contributed by atoms with van der Waals surface area (Å²) in [4.78, 5) is 9.46. The van der Waals surface area contributed by atoms with E-state index in [2.05, 4.69) is 64.1 Å². The second-order valence-corrected chi connectivity index (χ2v) is 6.06. The number of rotatable bonds is 0. The molecule has 0 N–H and O–H groups in total. The third-order valence-electron chi connectivity index (χ3n) is 3.44. The summed E-state index contributed by atoms with van der Waals surface area (Å²) in [7, 11) is 0. The molecule has 96 valence electrons. The van der Waals surface area contributed by atoms with E-state index in [1.165, 1.54) is 16.2 Å². The van der Waals surface area contributed by atoms with Gasteiger partial charge in [0.1, 0.15) is 5.82 Å². The highest BCUT2D eigenvalue weighted by Gasteiger charge is 2.19. The number of hydrogen-bond acceptors (Lipinski definition) is 2. The Hall–Kier alpha value is -1.96. The van der Waals surface area contributed by atoms with Crippen LogP contribution >= 0.6 is 0 Å². The van der Waals surface area contributed by atoms with Gasteiger partial charge in [-0.15, -0.1) is 0 Å². The molecule has 0 bridgehead atoms. The first-order valence-electron chi connectivity index (χ1n) is 6.63. The quantitative estimate of drug-likeness (QED) is 0.553. The maximum absolute atomic E-state index is 4.75. The van der Waals surface area contributed by atoms with Crippen LogP contribution in [0.5, 0.6) is 0 Å². The van der Waals surface area contributed by atoms with E-state index >= 15 is 0 Å². The van der Waals surface area contributed by atoms with Gasteiger partial charge in [0.2, 0.25) is 0 Å². The molecule has 2 nitrogen and oxygen atoms in total. The van der Waals surface area contributed by atoms with Crippen LogP contribution in [0.2, 0.25) is 0 Å². The highest BCUT2D eigenvalue weighted by atomic mass is 14.9. The molecule has 0 unspecified atom stereocenters. The lowest BCUT2D eigenvalue weighted by molar-refractivity contribution is 0.546. The summed E-state index contributed by atoms with van der Waals surface area (Å²) in [5.41, 5.74) is 2.08. The van der Waals surface area contributed by atoms with Crippen molar-refractivity contribution in [1.29, 1.82) is 0 Å². The minimum absolute atomic E-state index is 0.0232. The summed E-state index contributed by atoms with van der Waals surface area (Å²) in [6, 6.07) is 12.6. The molecule has 3 rings (SSSR count). The second-order valence-electron chi connectivity index (χ2n) is 6.06. The molecule has 0 aliphatic rings. The van der Waals surface area contributed by atoms with Crippen LogP contribution in [-0.2, 0) is 5.41 Å². The molecule has 0 saturated carbocycles. The highest BCUT2D eigenvalue weighted by Crippen LogP contribution is 2.28. The van der Waals surface area contributed by atoms with Crippen LogP contribution in [0.15, 0.2) is 36.4 Å². The van der Waals surface area contributed by atoms with Crippen LogP contribution in [0.1, 0.15) is 32.3 Å². The fraction of sp³-hybridized carbons (Fsp3) is 0.294. The van der Waals surface area contributed by atoms with Gasteiger partial charge in [-0.05, 0) is 23.8 Å². The van der Waals surface area contributed by atoms with E-state index < -0.39 is 0 Å². The van der Waals surface area contributed by atoms with E-state index in [1.54, 1.807) is 0 Å². The Balaban J connectivity index is 2.43. The predicted molar refractivity (Wildman–Crippen MR) is 80.5 cm³/mol. The van der Waals surface area contributed by atoms with Crippen molar-refractivity contribution in [2.45, 2.75) is 33.1 Å². The van der Waals surface area contributed by atoms with Crippen LogP contribution in [0.25, 0.3) is 21.7 Å². The lowest BCUT2D eigenvalue weighted by Crippen LogP contribution is -2.16. The molecule has 0 aliphatic carbocycles. The Morgan fingerprint density at radius 1 is 0.895 bits per heavy atom. The molecule has 0 amide bonds. The van der Waals surface area contributed by atoms with Crippen molar-refractivity contribution >= 4 is 21.7 Å². The average Bonchev–Trinajstić information content (AvgIpc) is 2.37. The molecule has 0 aliphatic heterocycles. The number of hydrogen-bond donors (Lipinski definition) is 0. The fourth-order valence-corrected chi connectivity index (χ4v) is 2.42. The first kappa shape index (κ1) is 12.1. The van der Waals surface area contributed by atoms with Crippen molar-refractivity contribution in [2.24, 2.45) is 0 Å². The van der Waals surface area contributed by atoms with E-state index in [0.29, 0.717) is 0 Å². The van der Waals surface area contributed by atoms with Crippen molar-refractivity contribution in [1.82, 2.24) is 9.97 Å². The summed E-state index contributed by atoms with van der Waals surface area (Å²) in [6.45, 7) is 8.52. The van der Waals surface area contributed by atoms with E-state index in [4.69, 9.17) is 9.97 Å². The molecular weight excluding hydrogens is 232 g/mol. The van der Waals surface area contributed by atoms with E-state index in [-0.39, 0.29) is 5.41 Å². The van der Waals surface area contributed by atoms with Gasteiger partial charge in [-0.1, -0.05) is 51.1 Å². The van der Waals surface area contributed by atoms with Crippen LogP contribution in [-0.4, -0.2) is 9.97 Å². The number of benzene rings is 2. The largest absolute Gasteiger partial charge is 0.237 e. The van der Waals surface area contributed by atoms with Gasteiger partial charge in [0.05, 0.1) is 5.52 Å². The fourth-order valence-electron chi connectivity index (χ4n) is 2.42. The first-order valence-corrected chi connectivity index (χ1v) is 6.63. The Kier molecular flexibility index (Phi) is 2.56. The predicted octanol–water partition coefficient (Wildman–Crippen LogP) is 4.39. The van der Waals surface area contributed by atoms with Crippen molar-refractivity contribution in [3.8, 4) is 0 Å². The van der Waals surface area contributed by atoms with E-state index in [0.717, 1.165) is 17.0 Å². The smallest absolute Gasteiger partial charge is 0.134 e. The standard InChI is InChI=1S/C17H18N2/c1-11-15-13-8-6-5-7-12(13)9-10-14(15)19-16(18-11)17(2,3)4/h5-10H,1-4H3. The molecule has 2 aromatic carbocycles. The molecule has 2 heteroatoms. The van der Waals surface area contributed by atoms with Crippen molar-refractivity contribution < 1.29 is 0 Å². The van der Waals surface area contributed by atoms with Crippen LogP contribution in [0.3, 0.4) is 0 Å². The van der Waals surface area contributed by atoms with Gasteiger partial charge in [0, 0.05) is 16.5 Å². The minimum atomic E-state index is -0.0232. The van der Waals surface area contributed by atoms with Gasteiger partial charge in [-0.25, -0.2) is 9.97 Å². The number of aromatic nitrogens is 2. The van der Waals surface area contributed by atoms with E-state index in [9.17, 15) is 0 Å². The lowest BCUT2D eigenvalue weighted by Gasteiger charge is -2.18. The lowest BCUT2D eigenvalue weighted by atomic mass is 9.95. The average molecular weight is 250 g/mol. The third kappa shape index (κ3) is 1.97. The monoisotopic (exact) mass is 250 g/mol. The zero-order valence-corrected chi connectivity index (χ0v) is 11.9. The molecule has 19 heavy (non-hydrogen) atoms. The Morgan fingerprint density at radius 2 is 1.63 bits per heavy atom. The van der Waals surface area contributed by atoms with Crippen molar-refractivity contribution in [2.75, 3.05) is 0 Å². The maximum atomic E-state index is 4.75. The normalized spacial score (nSPS) is 12.2. The van der Waals surface area contributed by atoms with Gasteiger partial charge < -0.3 is 0 Å². The summed E-state index contributed by atoms with van der Waals surface area (Å²) < 4.78 is 0. The first-order chi connectivity index (χ1) is 8.97. The number of fused-ring (bicyclic) bond motifs is 3. The molecule has 0 fully saturated rings. The molecule has 0 radical (unpaired) electrons. The molecule has 0 saturated heterocycles. The number of aryl methyl sites for hydroxylation is 1. The Morgan fingerprint density at radius 3 is 2.37 bits per heavy atom. The van der Waals surface area contributed by atoms with Gasteiger partial charge >= 0.3 is 0 Å². The van der Waals surface area contributed by atoms with Crippen LogP contribution in [0.4, 0.5) is 0 Å². The summed E-state index contributed by atoms with van der Waals surface area (Å²) in [5.74, 6) is 0.910. The second kappa shape index (κ2) is 4.02. The van der Waals surface area contributed by atoms with Crippen LogP contribution < -0.4 is 0 Å². The molecule has 1 heterocycles. The Labute approximate surface area is 113 Å². The zero-order valence-electron chi connectivity index (χ0n) is 11.9. The van der Waals surface area contributed by atoms with E-state index in [1.807, 2.05) is 0 Å². The summed E-state index contributed by atoms with van der Waals surface area (Å²) >= 11 is 0. The van der Waals surface area contributed by atoms with Crippen molar-refractivity contribution in [3.63, 3.8) is 0 Å². The zero-order chi connectivity index (χ0) is 13.6. The molecule has 1 aromatic heterocycles. The van der Waals surface area contributed by atoms with Crippen molar-refractivity contribution in [3.05, 3.63) is 47.9 Å². The minimum Gasteiger partial charge on any atom is -0.237 e. The third-order valence-corrected chi connectivity index (χ3v) is 3.44. The number of nitrogens with zero attached hydrogens (tertiary/aromatic N) is 2.